The Morgan fingerprint density at radius 3 is 2.87 bits per heavy atom. The maximum atomic E-state index is 13.4. The van der Waals surface area contributed by atoms with Crippen LogP contribution in [-0.2, 0) is 6.42 Å². The molecule has 0 fully saturated rings. The van der Waals surface area contributed by atoms with Crippen molar-refractivity contribution in [1.82, 2.24) is 4.98 Å². The molecule has 0 bridgehead atoms. The zero-order valence-electron chi connectivity index (χ0n) is 8.17. The molecule has 0 saturated heterocycles. The average Bonchev–Trinajstić information content (AvgIpc) is 2.57. The number of carboxylic acid groups (broad SMARTS) is 1. The number of aromatic amines is 1. The predicted octanol–water partition coefficient (Wildman–Crippen LogP) is 2.57. The van der Waals surface area contributed by atoms with Gasteiger partial charge < -0.3 is 10.1 Å². The number of aromatic carboxylic acids is 1. The maximum Gasteiger partial charge on any atom is 0.352 e. The van der Waals surface area contributed by atoms with Crippen LogP contribution in [0.4, 0.5) is 4.39 Å². The number of carboxylic acids is 1. The maximum absolute atomic E-state index is 13.4. The van der Waals surface area contributed by atoms with Crippen LogP contribution in [-0.4, -0.2) is 16.1 Å². The fourth-order valence-corrected chi connectivity index (χ4v) is 1.79. The highest BCUT2D eigenvalue weighted by atomic mass is 19.1. The number of fused-ring (bicyclic) bond motifs is 1. The highest BCUT2D eigenvalue weighted by Crippen LogP contribution is 2.24. The number of halogens is 1. The van der Waals surface area contributed by atoms with Crippen molar-refractivity contribution < 1.29 is 14.3 Å². The van der Waals surface area contributed by atoms with Gasteiger partial charge in [-0.2, -0.15) is 0 Å². The average molecular weight is 207 g/mol. The van der Waals surface area contributed by atoms with Gasteiger partial charge >= 0.3 is 5.97 Å². The van der Waals surface area contributed by atoms with E-state index in [0.717, 1.165) is 0 Å². The topological polar surface area (TPSA) is 53.1 Å². The monoisotopic (exact) mass is 207 g/mol. The van der Waals surface area contributed by atoms with Gasteiger partial charge in [0.15, 0.2) is 0 Å². The number of para-hydroxylation sites is 1. The number of H-pyrrole nitrogens is 1. The Labute approximate surface area is 85.5 Å². The van der Waals surface area contributed by atoms with Gasteiger partial charge in [-0.3, -0.25) is 0 Å². The van der Waals surface area contributed by atoms with Crippen LogP contribution in [0.1, 0.15) is 23.0 Å². The van der Waals surface area contributed by atoms with Crippen LogP contribution < -0.4 is 0 Å². The summed E-state index contributed by atoms with van der Waals surface area (Å²) in [6, 6.07) is 4.61. The Balaban J connectivity index is 2.84. The first-order chi connectivity index (χ1) is 7.15. The Morgan fingerprint density at radius 2 is 2.27 bits per heavy atom. The van der Waals surface area contributed by atoms with E-state index in [1.807, 2.05) is 6.92 Å². The van der Waals surface area contributed by atoms with Crippen LogP contribution >= 0.6 is 0 Å². The third-order valence-corrected chi connectivity index (χ3v) is 2.46. The van der Waals surface area contributed by atoms with Crippen LogP contribution in [0.3, 0.4) is 0 Å². The van der Waals surface area contributed by atoms with Crippen LogP contribution in [0, 0.1) is 5.82 Å². The second-order valence-corrected chi connectivity index (χ2v) is 3.30. The molecule has 0 aliphatic carbocycles. The molecular formula is C11H10FNO2. The fourth-order valence-electron chi connectivity index (χ4n) is 1.79. The van der Waals surface area contributed by atoms with Crippen molar-refractivity contribution >= 4 is 16.9 Å². The van der Waals surface area contributed by atoms with Gasteiger partial charge in [0.1, 0.15) is 11.5 Å². The number of hydrogen-bond donors (Lipinski definition) is 2. The summed E-state index contributed by atoms with van der Waals surface area (Å²) in [5.74, 6) is -1.47. The van der Waals surface area contributed by atoms with Gasteiger partial charge in [0, 0.05) is 5.39 Å². The number of nitrogens with one attached hydrogen (secondary N) is 1. The second-order valence-electron chi connectivity index (χ2n) is 3.30. The summed E-state index contributed by atoms with van der Waals surface area (Å²) in [5, 5.41) is 9.58. The minimum absolute atomic E-state index is 0.0811. The van der Waals surface area contributed by atoms with Gasteiger partial charge in [0.2, 0.25) is 0 Å². The first kappa shape index (κ1) is 9.71. The molecule has 1 heterocycles. The molecule has 1 aromatic carbocycles. The first-order valence-corrected chi connectivity index (χ1v) is 4.67. The molecule has 78 valence electrons. The number of hydrogen-bond acceptors (Lipinski definition) is 1. The van der Waals surface area contributed by atoms with Crippen molar-refractivity contribution in [3.8, 4) is 0 Å². The van der Waals surface area contributed by atoms with Gasteiger partial charge in [-0.25, -0.2) is 9.18 Å². The van der Waals surface area contributed by atoms with Crippen LogP contribution in [0.2, 0.25) is 0 Å². The molecule has 4 heteroatoms. The van der Waals surface area contributed by atoms with Gasteiger partial charge in [0.05, 0.1) is 5.52 Å². The molecule has 0 aliphatic rings. The van der Waals surface area contributed by atoms with Crippen molar-refractivity contribution in [3.05, 3.63) is 35.3 Å². The quantitative estimate of drug-likeness (QED) is 0.795. The highest BCUT2D eigenvalue weighted by molar-refractivity contribution is 5.97. The lowest BCUT2D eigenvalue weighted by atomic mass is 10.1. The molecule has 0 atom stereocenters. The summed E-state index contributed by atoms with van der Waals surface area (Å²) in [7, 11) is 0. The third-order valence-electron chi connectivity index (χ3n) is 2.46. The van der Waals surface area contributed by atoms with Crippen molar-refractivity contribution in [2.75, 3.05) is 0 Å². The van der Waals surface area contributed by atoms with Crippen molar-refractivity contribution in [3.63, 3.8) is 0 Å². The van der Waals surface area contributed by atoms with E-state index < -0.39 is 11.8 Å². The Bertz CT molecular complexity index is 531. The van der Waals surface area contributed by atoms with E-state index in [0.29, 0.717) is 17.4 Å². The van der Waals surface area contributed by atoms with Crippen molar-refractivity contribution in [1.29, 1.82) is 0 Å². The first-order valence-electron chi connectivity index (χ1n) is 4.67. The highest BCUT2D eigenvalue weighted by Gasteiger charge is 2.16. The van der Waals surface area contributed by atoms with Gasteiger partial charge in [-0.15, -0.1) is 0 Å². The molecule has 0 radical (unpaired) electrons. The van der Waals surface area contributed by atoms with E-state index in [1.54, 1.807) is 12.1 Å². The zero-order valence-corrected chi connectivity index (χ0v) is 8.17. The lowest BCUT2D eigenvalue weighted by Crippen LogP contribution is -2.00. The molecule has 0 saturated carbocycles. The molecule has 0 unspecified atom stereocenters. The Morgan fingerprint density at radius 1 is 1.53 bits per heavy atom. The number of aromatic nitrogens is 1. The Kier molecular flexibility index (Phi) is 2.19. The van der Waals surface area contributed by atoms with Crippen LogP contribution in [0.25, 0.3) is 10.9 Å². The summed E-state index contributed by atoms with van der Waals surface area (Å²) < 4.78 is 13.4. The zero-order chi connectivity index (χ0) is 11.0. The molecule has 0 amide bonds. The molecule has 2 rings (SSSR count). The third kappa shape index (κ3) is 1.38. The molecular weight excluding hydrogens is 197 g/mol. The summed E-state index contributed by atoms with van der Waals surface area (Å²) in [5.41, 5.74) is 1.00. The minimum atomic E-state index is -1.05. The second kappa shape index (κ2) is 3.38. The van der Waals surface area contributed by atoms with E-state index >= 15 is 0 Å². The molecule has 15 heavy (non-hydrogen) atoms. The van der Waals surface area contributed by atoms with E-state index in [-0.39, 0.29) is 11.2 Å². The van der Waals surface area contributed by atoms with Crippen molar-refractivity contribution in [2.24, 2.45) is 0 Å². The SMILES string of the molecule is CCc1c(C(=O)O)[nH]c2c(F)cccc12. The number of rotatable bonds is 2. The number of aryl methyl sites for hydroxylation is 1. The van der Waals surface area contributed by atoms with E-state index in [9.17, 15) is 9.18 Å². The fraction of sp³-hybridized carbons (Fsp3) is 0.182. The standard InChI is InChI=1S/C11H10FNO2/c1-2-6-7-4-3-5-8(12)9(7)13-10(6)11(14)15/h3-5,13H,2H2,1H3,(H,14,15). The molecule has 0 spiro atoms. The number of carbonyl (C=O) groups is 1. The number of benzene rings is 1. The lowest BCUT2D eigenvalue weighted by molar-refractivity contribution is 0.0690. The summed E-state index contributed by atoms with van der Waals surface area (Å²) in [6.45, 7) is 1.85. The van der Waals surface area contributed by atoms with Crippen LogP contribution in [0.5, 0.6) is 0 Å². The Hall–Kier alpha value is -1.84. The van der Waals surface area contributed by atoms with Gasteiger partial charge in [-0.1, -0.05) is 19.1 Å². The predicted molar refractivity (Wildman–Crippen MR) is 54.6 cm³/mol. The van der Waals surface area contributed by atoms with Crippen LogP contribution in [0.15, 0.2) is 18.2 Å². The van der Waals surface area contributed by atoms with Gasteiger partial charge in [0.25, 0.3) is 0 Å². The van der Waals surface area contributed by atoms with Crippen molar-refractivity contribution in [2.45, 2.75) is 13.3 Å². The smallest absolute Gasteiger partial charge is 0.352 e. The van der Waals surface area contributed by atoms with E-state index in [1.165, 1.54) is 6.07 Å². The summed E-state index contributed by atoms with van der Waals surface area (Å²) in [6.07, 6.45) is 0.561. The molecule has 2 aromatic rings. The van der Waals surface area contributed by atoms with E-state index in [2.05, 4.69) is 4.98 Å². The molecule has 1 aromatic heterocycles. The normalized spacial score (nSPS) is 10.8. The summed E-state index contributed by atoms with van der Waals surface area (Å²) >= 11 is 0. The lowest BCUT2D eigenvalue weighted by Gasteiger charge is -1.95. The molecule has 2 N–H and O–H groups in total. The largest absolute Gasteiger partial charge is 0.477 e. The molecule has 3 nitrogen and oxygen atoms in total. The summed E-state index contributed by atoms with van der Waals surface area (Å²) in [4.78, 5) is 13.5. The van der Waals surface area contributed by atoms with Gasteiger partial charge in [-0.05, 0) is 18.1 Å². The molecule has 0 aliphatic heterocycles. The minimum Gasteiger partial charge on any atom is -0.477 e. The van der Waals surface area contributed by atoms with E-state index in [4.69, 9.17) is 5.11 Å².